The molecule has 48 heavy (non-hydrogen) atoms. The van der Waals surface area contributed by atoms with Gasteiger partial charge in [-0.15, -0.1) is 49.9 Å². The average molecular weight is 733 g/mol. The van der Waals surface area contributed by atoms with Crippen LogP contribution >= 0.6 is 23.5 Å². The van der Waals surface area contributed by atoms with Crippen LogP contribution in [0.25, 0.3) is 0 Å². The van der Waals surface area contributed by atoms with Crippen molar-refractivity contribution in [3.8, 4) is 11.9 Å². The number of ether oxygens (including phenoxy) is 2. The molecule has 4 N–H and O–H groups in total. The van der Waals surface area contributed by atoms with Crippen molar-refractivity contribution in [3.63, 3.8) is 0 Å². The van der Waals surface area contributed by atoms with E-state index in [1.165, 1.54) is 0 Å². The first-order valence-corrected chi connectivity index (χ1v) is 15.2. The highest BCUT2D eigenvalue weighted by Crippen LogP contribution is 2.37. The summed E-state index contributed by atoms with van der Waals surface area (Å²) < 4.78 is 84.4. The van der Waals surface area contributed by atoms with Gasteiger partial charge < -0.3 is 30.3 Å². The van der Waals surface area contributed by atoms with Crippen molar-refractivity contribution in [2.45, 2.75) is 62.0 Å². The largest absolute Gasteiger partial charge is 0.575 e. The summed E-state index contributed by atoms with van der Waals surface area (Å²) >= 11 is 1.40. The summed E-state index contributed by atoms with van der Waals surface area (Å²) in [6.07, 6.45) is -9.74. The smallest absolute Gasteiger partial charge is 0.480 e. The second-order valence-corrected chi connectivity index (χ2v) is 11.9. The summed E-state index contributed by atoms with van der Waals surface area (Å²) in [5.41, 5.74) is -0.216. The predicted molar refractivity (Wildman–Crippen MR) is 153 cm³/mol. The minimum absolute atomic E-state index is 0.216. The molecule has 0 aliphatic heterocycles. The summed E-state index contributed by atoms with van der Waals surface area (Å²) in [5, 5.41) is 20.8. The lowest BCUT2D eigenvalue weighted by molar-refractivity contribution is -0.278. The molecule has 2 amide bonds. The maximum Gasteiger partial charge on any atom is 0.575 e. The van der Waals surface area contributed by atoms with E-state index in [1.54, 1.807) is 0 Å². The molecule has 0 aromatic carbocycles. The summed E-state index contributed by atoms with van der Waals surface area (Å²) in [4.78, 5) is 74.2. The van der Waals surface area contributed by atoms with Crippen LogP contribution < -0.4 is 20.1 Å². The minimum atomic E-state index is -5.18. The molecule has 23 heteroatoms. The number of thioether (sulfide) groups is 2. The molecule has 15 nitrogen and oxygen atoms in total. The van der Waals surface area contributed by atoms with E-state index in [1.807, 2.05) is 0 Å². The molecular weight excluding hydrogens is 706 g/mol. The topological polar surface area (TPSA) is 220 Å². The minimum Gasteiger partial charge on any atom is -0.480 e. The Bertz CT molecular complexity index is 1360. The van der Waals surface area contributed by atoms with Crippen LogP contribution in [-0.4, -0.2) is 96.0 Å². The predicted octanol–water partition coefficient (Wildman–Crippen LogP) is 2.84. The van der Waals surface area contributed by atoms with E-state index in [0.29, 0.717) is 11.8 Å². The SMILES string of the molecule is CC(=O)N[C@@H](CSC(CC(=O)CC(SC[C@H](NC(C)=O)C(=O)O)c1nccc(OC(F)(F)F)n1)c1ccnc(OC(F)(F)F)n1)C(=O)O. The van der Waals surface area contributed by atoms with Gasteiger partial charge in [0.1, 0.15) is 23.7 Å². The molecule has 0 fully saturated rings. The molecule has 0 saturated carbocycles. The van der Waals surface area contributed by atoms with E-state index >= 15 is 0 Å². The molecule has 0 saturated heterocycles. The van der Waals surface area contributed by atoms with Crippen LogP contribution in [0, 0.1) is 0 Å². The quantitative estimate of drug-likeness (QED) is 0.162. The number of carboxylic acid groups (broad SMARTS) is 2. The third-order valence-corrected chi connectivity index (χ3v) is 8.10. The van der Waals surface area contributed by atoms with Gasteiger partial charge in [-0.1, -0.05) is 0 Å². The third-order valence-electron chi connectivity index (χ3n) is 5.45. The van der Waals surface area contributed by atoms with Crippen molar-refractivity contribution < 1.29 is 70.0 Å². The number of Topliss-reactive ketones (excluding diaryl/α,β-unsaturated/α-hetero) is 1. The van der Waals surface area contributed by atoms with Gasteiger partial charge in [0.05, 0.1) is 16.2 Å². The van der Waals surface area contributed by atoms with Crippen molar-refractivity contribution in [2.75, 3.05) is 11.5 Å². The molecule has 2 aromatic rings. The molecular formula is C25H26F6N6O9S2. The Labute approximate surface area is 275 Å². The summed E-state index contributed by atoms with van der Waals surface area (Å²) in [6, 6.07) is -2.24. The van der Waals surface area contributed by atoms with Gasteiger partial charge in [-0.05, 0) is 6.07 Å². The zero-order valence-electron chi connectivity index (χ0n) is 24.6. The van der Waals surface area contributed by atoms with Gasteiger partial charge in [0, 0.05) is 56.7 Å². The second kappa shape index (κ2) is 17.7. The second-order valence-electron chi connectivity index (χ2n) is 9.39. The van der Waals surface area contributed by atoms with E-state index in [9.17, 15) is 60.5 Å². The lowest BCUT2D eigenvalue weighted by atomic mass is 10.1. The monoisotopic (exact) mass is 732 g/mol. The van der Waals surface area contributed by atoms with E-state index < -0.39 is 107 Å². The fraction of sp³-hybridized carbons (Fsp3) is 0.480. The number of carbonyl (C=O) groups is 5. The number of alkyl halides is 6. The molecule has 0 bridgehead atoms. The van der Waals surface area contributed by atoms with Crippen LogP contribution in [0.15, 0.2) is 24.5 Å². The number of nitrogens with one attached hydrogen (secondary N) is 2. The maximum atomic E-state index is 13.4. The number of aromatic nitrogens is 4. The molecule has 2 unspecified atom stereocenters. The molecule has 0 spiro atoms. The van der Waals surface area contributed by atoms with Crippen LogP contribution in [0.2, 0.25) is 0 Å². The van der Waals surface area contributed by atoms with Gasteiger partial charge in [0.25, 0.3) is 0 Å². The first kappa shape index (κ1) is 39.8. The van der Waals surface area contributed by atoms with Crippen LogP contribution in [0.5, 0.6) is 11.9 Å². The normalized spacial score (nSPS) is 14.2. The first-order chi connectivity index (χ1) is 22.2. The third kappa shape index (κ3) is 15.0. The number of carbonyl (C=O) groups excluding carboxylic acids is 3. The average Bonchev–Trinajstić information content (AvgIpc) is 2.93. The van der Waals surface area contributed by atoms with Crippen molar-refractivity contribution in [3.05, 3.63) is 36.0 Å². The Kier molecular flexibility index (Phi) is 14.6. The van der Waals surface area contributed by atoms with Gasteiger partial charge in [0.2, 0.25) is 17.7 Å². The Hall–Kier alpha value is -4.41. The molecule has 4 atom stereocenters. The molecule has 2 aromatic heterocycles. The number of hydrogen-bond donors (Lipinski definition) is 4. The highest BCUT2D eigenvalue weighted by molar-refractivity contribution is 7.99. The van der Waals surface area contributed by atoms with Gasteiger partial charge in [0.15, 0.2) is 0 Å². The number of halogens is 6. The highest BCUT2D eigenvalue weighted by Gasteiger charge is 2.35. The molecule has 264 valence electrons. The molecule has 0 aliphatic carbocycles. The van der Waals surface area contributed by atoms with Gasteiger partial charge in [-0.3, -0.25) is 14.4 Å². The Balaban J connectivity index is 2.43. The number of ketones is 1. The van der Waals surface area contributed by atoms with Gasteiger partial charge >= 0.3 is 30.7 Å². The zero-order valence-corrected chi connectivity index (χ0v) is 26.2. The molecule has 0 radical (unpaired) electrons. The van der Waals surface area contributed by atoms with Gasteiger partial charge in [-0.25, -0.2) is 19.6 Å². The summed E-state index contributed by atoms with van der Waals surface area (Å²) in [6.45, 7) is 2.09. The molecule has 2 heterocycles. The van der Waals surface area contributed by atoms with Crippen LogP contribution in [0.1, 0.15) is 48.7 Å². The lowest BCUT2D eigenvalue weighted by Gasteiger charge is -2.21. The Morgan fingerprint density at radius 2 is 1.27 bits per heavy atom. The number of carboxylic acids is 2. The van der Waals surface area contributed by atoms with Crippen LogP contribution in [-0.2, 0) is 24.0 Å². The summed E-state index contributed by atoms with van der Waals surface area (Å²) in [7, 11) is 0. The number of hydrogen-bond acceptors (Lipinski definition) is 13. The fourth-order valence-corrected chi connectivity index (χ4v) is 6.08. The molecule has 0 aliphatic rings. The van der Waals surface area contributed by atoms with Crippen LogP contribution in [0.4, 0.5) is 26.3 Å². The van der Waals surface area contributed by atoms with Crippen molar-refractivity contribution in [2.24, 2.45) is 0 Å². The van der Waals surface area contributed by atoms with E-state index in [0.717, 1.165) is 50.1 Å². The summed E-state index contributed by atoms with van der Waals surface area (Å²) in [5.74, 6) is -7.27. The number of nitrogens with zero attached hydrogens (tertiary/aromatic N) is 4. The van der Waals surface area contributed by atoms with Crippen molar-refractivity contribution in [1.29, 1.82) is 0 Å². The highest BCUT2D eigenvalue weighted by atomic mass is 32.2. The Morgan fingerprint density at radius 1 is 0.771 bits per heavy atom. The van der Waals surface area contributed by atoms with Crippen molar-refractivity contribution in [1.82, 2.24) is 30.6 Å². The maximum absolute atomic E-state index is 13.4. The lowest BCUT2D eigenvalue weighted by Crippen LogP contribution is -2.41. The standard InChI is InChI=1S/C25H26F6N6O9S2/c1-11(38)34-15(21(41)42)9-47-17(14-3-5-33-23(36-14)46-25(29,30)31)7-13(40)8-18(48-10-16(22(43)44)35-12(2)39)20-32-6-4-19(37-20)45-24(26,27)28/h3-6,15-18H,7-10H2,1-2H3,(H,34,38)(H,35,39)(H,41,42)(H,43,44)/t15-,16-,17?,18?/m0/s1. The number of amides is 2. The Morgan fingerprint density at radius 3 is 1.77 bits per heavy atom. The van der Waals surface area contributed by atoms with E-state index in [4.69, 9.17) is 0 Å². The number of aliphatic carboxylic acids is 2. The number of rotatable bonds is 18. The van der Waals surface area contributed by atoms with E-state index in [2.05, 4.69) is 40.0 Å². The fourth-order valence-electron chi connectivity index (χ4n) is 3.61. The van der Waals surface area contributed by atoms with Crippen molar-refractivity contribution >= 4 is 53.1 Å². The van der Waals surface area contributed by atoms with Gasteiger partial charge in [-0.2, -0.15) is 9.97 Å². The van der Waals surface area contributed by atoms with Crippen LogP contribution in [0.3, 0.4) is 0 Å². The van der Waals surface area contributed by atoms with E-state index in [-0.39, 0.29) is 5.69 Å². The first-order valence-electron chi connectivity index (χ1n) is 13.1. The molecule has 2 rings (SSSR count). The zero-order chi connectivity index (χ0) is 36.2.